The van der Waals surface area contributed by atoms with Crippen molar-refractivity contribution >= 4 is 10.9 Å². The van der Waals surface area contributed by atoms with Crippen LogP contribution in [-0.2, 0) is 0 Å². The van der Waals surface area contributed by atoms with Crippen LogP contribution in [0.15, 0.2) is 49.2 Å². The third-order valence-electron chi connectivity index (χ3n) is 2.89. The molecule has 0 radical (unpaired) electrons. The third-order valence-corrected chi connectivity index (χ3v) is 2.89. The molecule has 2 heteroatoms. The Morgan fingerprint density at radius 1 is 1.17 bits per heavy atom. The second-order valence-electron chi connectivity index (χ2n) is 4.35. The van der Waals surface area contributed by atoms with Gasteiger partial charge in [-0.3, -0.25) is 4.98 Å². The van der Waals surface area contributed by atoms with Crippen LogP contribution >= 0.6 is 0 Å². The minimum Gasteiger partial charge on any atom is -0.492 e. The number of hydrogen-bond donors (Lipinski definition) is 0. The molecule has 18 heavy (non-hydrogen) atoms. The second kappa shape index (κ2) is 6.80. The molecule has 0 aliphatic rings. The fourth-order valence-corrected chi connectivity index (χ4v) is 1.89. The highest BCUT2D eigenvalue weighted by Gasteiger charge is 1.98. The minimum absolute atomic E-state index is 0.761. The topological polar surface area (TPSA) is 22.1 Å². The van der Waals surface area contributed by atoms with Crippen molar-refractivity contribution in [1.29, 1.82) is 0 Å². The first-order valence-corrected chi connectivity index (χ1v) is 6.48. The number of pyridine rings is 1. The molecule has 0 unspecified atom stereocenters. The number of hydrogen-bond acceptors (Lipinski definition) is 2. The molecule has 2 rings (SSSR count). The number of fused-ring (bicyclic) bond motifs is 1. The van der Waals surface area contributed by atoms with E-state index >= 15 is 0 Å². The zero-order valence-electron chi connectivity index (χ0n) is 10.6. The standard InChI is InChI=1S/C16H19NO/c1-2-3-4-5-8-11-18-15-12-14-9-6-7-10-16(14)17-13-15/h2,6-7,9-10,12-13H,1,3-5,8,11H2. The van der Waals surface area contributed by atoms with Crippen molar-refractivity contribution in [1.82, 2.24) is 4.98 Å². The van der Waals surface area contributed by atoms with Crippen molar-refractivity contribution in [2.45, 2.75) is 25.7 Å². The lowest BCUT2D eigenvalue weighted by molar-refractivity contribution is 0.305. The van der Waals surface area contributed by atoms with E-state index in [4.69, 9.17) is 4.74 Å². The molecule has 0 amide bonds. The molecule has 0 N–H and O–H groups in total. The van der Waals surface area contributed by atoms with Crippen LogP contribution in [0.4, 0.5) is 0 Å². The summed E-state index contributed by atoms with van der Waals surface area (Å²) in [6.45, 7) is 4.48. The molecule has 0 saturated carbocycles. The van der Waals surface area contributed by atoms with Crippen molar-refractivity contribution in [3.63, 3.8) is 0 Å². The Balaban J connectivity index is 1.82. The molecule has 0 saturated heterocycles. The van der Waals surface area contributed by atoms with Gasteiger partial charge in [0.15, 0.2) is 0 Å². The molecule has 94 valence electrons. The van der Waals surface area contributed by atoms with E-state index in [9.17, 15) is 0 Å². The van der Waals surface area contributed by atoms with Crippen LogP contribution in [0.2, 0.25) is 0 Å². The number of benzene rings is 1. The summed E-state index contributed by atoms with van der Waals surface area (Å²) in [5.74, 6) is 0.859. The predicted molar refractivity (Wildman–Crippen MR) is 75.9 cm³/mol. The Hall–Kier alpha value is -1.83. The summed E-state index contributed by atoms with van der Waals surface area (Å²) in [7, 11) is 0. The van der Waals surface area contributed by atoms with Gasteiger partial charge in [0.05, 0.1) is 18.3 Å². The van der Waals surface area contributed by atoms with Gasteiger partial charge in [-0.25, -0.2) is 0 Å². The van der Waals surface area contributed by atoms with Gasteiger partial charge in [-0.15, -0.1) is 6.58 Å². The van der Waals surface area contributed by atoms with Gasteiger partial charge in [-0.05, 0) is 37.8 Å². The van der Waals surface area contributed by atoms with E-state index in [1.807, 2.05) is 30.3 Å². The summed E-state index contributed by atoms with van der Waals surface area (Å²) >= 11 is 0. The minimum atomic E-state index is 0.761. The Morgan fingerprint density at radius 3 is 2.94 bits per heavy atom. The first-order valence-electron chi connectivity index (χ1n) is 6.48. The van der Waals surface area contributed by atoms with Crippen LogP contribution in [0.5, 0.6) is 5.75 Å². The summed E-state index contributed by atoms with van der Waals surface area (Å²) in [5.41, 5.74) is 1.01. The average molecular weight is 241 g/mol. The maximum absolute atomic E-state index is 5.71. The van der Waals surface area contributed by atoms with Gasteiger partial charge in [0.25, 0.3) is 0 Å². The molecule has 1 aromatic carbocycles. The van der Waals surface area contributed by atoms with Crippen LogP contribution in [-0.4, -0.2) is 11.6 Å². The molecule has 2 nitrogen and oxygen atoms in total. The zero-order chi connectivity index (χ0) is 12.6. The highest BCUT2D eigenvalue weighted by molar-refractivity contribution is 5.79. The largest absolute Gasteiger partial charge is 0.492 e. The summed E-state index contributed by atoms with van der Waals surface area (Å²) in [6.07, 6.45) is 8.33. The molecular formula is C16H19NO. The van der Waals surface area contributed by atoms with Crippen LogP contribution in [0.3, 0.4) is 0 Å². The van der Waals surface area contributed by atoms with Crippen LogP contribution in [0.1, 0.15) is 25.7 Å². The lowest BCUT2D eigenvalue weighted by Gasteiger charge is -2.06. The maximum atomic E-state index is 5.71. The van der Waals surface area contributed by atoms with Crippen molar-refractivity contribution in [2.24, 2.45) is 0 Å². The zero-order valence-corrected chi connectivity index (χ0v) is 10.6. The Kier molecular flexibility index (Phi) is 4.77. The van der Waals surface area contributed by atoms with E-state index in [2.05, 4.69) is 17.6 Å². The van der Waals surface area contributed by atoms with Gasteiger partial charge in [0, 0.05) is 5.39 Å². The third kappa shape index (κ3) is 3.59. The van der Waals surface area contributed by atoms with Gasteiger partial charge in [0.2, 0.25) is 0 Å². The summed E-state index contributed by atoms with van der Waals surface area (Å²) in [6, 6.07) is 10.1. The van der Waals surface area contributed by atoms with E-state index in [0.29, 0.717) is 0 Å². The number of unbranched alkanes of at least 4 members (excludes halogenated alkanes) is 3. The molecule has 0 aliphatic carbocycles. The molecule has 0 aliphatic heterocycles. The predicted octanol–water partition coefficient (Wildman–Crippen LogP) is 4.36. The highest BCUT2D eigenvalue weighted by atomic mass is 16.5. The van der Waals surface area contributed by atoms with Gasteiger partial charge in [-0.2, -0.15) is 0 Å². The molecule has 2 aromatic rings. The molecule has 0 fully saturated rings. The van der Waals surface area contributed by atoms with Crippen molar-refractivity contribution in [2.75, 3.05) is 6.61 Å². The molecule has 0 spiro atoms. The average Bonchev–Trinajstić information content (AvgIpc) is 2.42. The first kappa shape index (κ1) is 12.6. The lowest BCUT2D eigenvalue weighted by atomic mass is 10.2. The fraction of sp³-hybridized carbons (Fsp3) is 0.312. The summed E-state index contributed by atoms with van der Waals surface area (Å²) in [4.78, 5) is 4.37. The van der Waals surface area contributed by atoms with Gasteiger partial charge >= 0.3 is 0 Å². The number of rotatable bonds is 7. The Morgan fingerprint density at radius 2 is 2.06 bits per heavy atom. The van der Waals surface area contributed by atoms with E-state index in [0.717, 1.165) is 36.1 Å². The number of para-hydroxylation sites is 1. The normalized spacial score (nSPS) is 10.4. The molecule has 0 bridgehead atoms. The number of aromatic nitrogens is 1. The monoisotopic (exact) mass is 241 g/mol. The highest BCUT2D eigenvalue weighted by Crippen LogP contribution is 2.18. The molecule has 1 aromatic heterocycles. The quantitative estimate of drug-likeness (QED) is 0.530. The van der Waals surface area contributed by atoms with Gasteiger partial charge < -0.3 is 4.74 Å². The Bertz CT molecular complexity index is 507. The van der Waals surface area contributed by atoms with Crippen LogP contribution in [0.25, 0.3) is 10.9 Å². The van der Waals surface area contributed by atoms with Crippen LogP contribution in [0, 0.1) is 0 Å². The van der Waals surface area contributed by atoms with Crippen molar-refractivity contribution in [3.8, 4) is 5.75 Å². The maximum Gasteiger partial charge on any atom is 0.138 e. The van der Waals surface area contributed by atoms with Gasteiger partial charge in [-0.1, -0.05) is 24.3 Å². The number of ether oxygens (including phenoxy) is 1. The van der Waals surface area contributed by atoms with E-state index < -0.39 is 0 Å². The smallest absolute Gasteiger partial charge is 0.138 e. The molecular weight excluding hydrogens is 222 g/mol. The second-order valence-corrected chi connectivity index (χ2v) is 4.35. The summed E-state index contributed by atoms with van der Waals surface area (Å²) < 4.78 is 5.71. The van der Waals surface area contributed by atoms with E-state index in [1.54, 1.807) is 6.20 Å². The molecule has 0 atom stereocenters. The van der Waals surface area contributed by atoms with E-state index in [1.165, 1.54) is 12.8 Å². The van der Waals surface area contributed by atoms with Crippen molar-refractivity contribution < 1.29 is 4.74 Å². The first-order chi connectivity index (χ1) is 8.90. The fourth-order valence-electron chi connectivity index (χ4n) is 1.89. The van der Waals surface area contributed by atoms with Crippen LogP contribution < -0.4 is 4.74 Å². The van der Waals surface area contributed by atoms with Crippen molar-refractivity contribution in [3.05, 3.63) is 49.2 Å². The number of nitrogens with zero attached hydrogens (tertiary/aromatic N) is 1. The summed E-state index contributed by atoms with van der Waals surface area (Å²) in [5, 5.41) is 1.13. The SMILES string of the molecule is C=CCCCCCOc1cnc2ccccc2c1. The Labute approximate surface area is 108 Å². The van der Waals surface area contributed by atoms with E-state index in [-0.39, 0.29) is 0 Å². The van der Waals surface area contributed by atoms with Gasteiger partial charge in [0.1, 0.15) is 5.75 Å². The lowest BCUT2D eigenvalue weighted by Crippen LogP contribution is -1.97. The number of allylic oxidation sites excluding steroid dienone is 1. The molecule has 1 heterocycles.